The van der Waals surface area contributed by atoms with Gasteiger partial charge in [-0.1, -0.05) is 13.0 Å². The van der Waals surface area contributed by atoms with Gasteiger partial charge in [-0.15, -0.1) is 6.58 Å². The molecule has 2 unspecified atom stereocenters. The van der Waals surface area contributed by atoms with Crippen LogP contribution in [0.15, 0.2) is 12.7 Å². The summed E-state index contributed by atoms with van der Waals surface area (Å²) in [6, 6.07) is 0. The smallest absolute Gasteiger partial charge is 0.215 e. The summed E-state index contributed by atoms with van der Waals surface area (Å²) in [5, 5.41) is 9.44. The molecule has 18 heavy (non-hydrogen) atoms. The van der Waals surface area contributed by atoms with Gasteiger partial charge < -0.3 is 5.11 Å². The molecule has 0 aromatic carbocycles. The molecule has 6 heteroatoms. The summed E-state index contributed by atoms with van der Waals surface area (Å²) in [4.78, 5) is 2.02. The lowest BCUT2D eigenvalue weighted by Gasteiger charge is -2.19. The standard InChI is InChI=1S/C12H24N2O3S/c1-3-5-6-11(15)9-14-8-7-12(10-14)18(16,17)13-4-2/h3,11-13,15H,1,4-10H2,2H3. The van der Waals surface area contributed by atoms with Crippen LogP contribution in [0.3, 0.4) is 0 Å². The third-order valence-corrected chi connectivity index (χ3v) is 5.14. The maximum absolute atomic E-state index is 11.8. The Kier molecular flexibility index (Phi) is 6.28. The fourth-order valence-electron chi connectivity index (χ4n) is 2.23. The molecular formula is C12H24N2O3S. The molecule has 0 aliphatic carbocycles. The van der Waals surface area contributed by atoms with E-state index >= 15 is 0 Å². The molecule has 0 spiro atoms. The van der Waals surface area contributed by atoms with Crippen molar-refractivity contribution in [2.45, 2.75) is 37.5 Å². The van der Waals surface area contributed by atoms with Gasteiger partial charge in [0, 0.05) is 19.6 Å². The number of β-amino-alcohol motifs (C(OH)–C–C–N with tert-alkyl or cyclic N) is 1. The number of likely N-dealkylation sites (tertiary alicyclic amines) is 1. The Morgan fingerprint density at radius 3 is 2.94 bits per heavy atom. The van der Waals surface area contributed by atoms with E-state index < -0.39 is 16.1 Å². The minimum Gasteiger partial charge on any atom is -0.392 e. The van der Waals surface area contributed by atoms with Crippen molar-refractivity contribution < 1.29 is 13.5 Å². The first kappa shape index (κ1) is 15.6. The number of rotatable bonds is 8. The first-order valence-electron chi connectivity index (χ1n) is 6.49. The van der Waals surface area contributed by atoms with Gasteiger partial charge in [-0.25, -0.2) is 13.1 Å². The highest BCUT2D eigenvalue weighted by molar-refractivity contribution is 7.90. The highest BCUT2D eigenvalue weighted by Crippen LogP contribution is 2.17. The summed E-state index contributed by atoms with van der Waals surface area (Å²) in [6.45, 7) is 7.63. The Morgan fingerprint density at radius 2 is 2.33 bits per heavy atom. The molecular weight excluding hydrogens is 252 g/mol. The van der Waals surface area contributed by atoms with Crippen LogP contribution in [0.1, 0.15) is 26.2 Å². The zero-order valence-corrected chi connectivity index (χ0v) is 11.8. The molecule has 0 amide bonds. The average Bonchev–Trinajstić information content (AvgIpc) is 2.75. The minimum atomic E-state index is -3.19. The van der Waals surface area contributed by atoms with Crippen molar-refractivity contribution in [2.75, 3.05) is 26.2 Å². The van der Waals surface area contributed by atoms with Gasteiger partial charge in [-0.05, 0) is 25.8 Å². The number of nitrogens with zero attached hydrogens (tertiary/aromatic N) is 1. The van der Waals surface area contributed by atoms with E-state index in [2.05, 4.69) is 11.3 Å². The third-order valence-electron chi connectivity index (χ3n) is 3.19. The predicted octanol–water partition coefficient (Wildman–Crippen LogP) is 0.327. The van der Waals surface area contributed by atoms with E-state index in [9.17, 15) is 13.5 Å². The van der Waals surface area contributed by atoms with Gasteiger partial charge in [0.15, 0.2) is 0 Å². The van der Waals surface area contributed by atoms with Crippen LogP contribution >= 0.6 is 0 Å². The van der Waals surface area contributed by atoms with Crippen LogP contribution in [0, 0.1) is 0 Å². The van der Waals surface area contributed by atoms with E-state index in [4.69, 9.17) is 0 Å². The van der Waals surface area contributed by atoms with Crippen molar-refractivity contribution in [3.05, 3.63) is 12.7 Å². The van der Waals surface area contributed by atoms with E-state index in [0.717, 1.165) is 13.0 Å². The number of aliphatic hydroxyl groups is 1. The monoisotopic (exact) mass is 276 g/mol. The highest BCUT2D eigenvalue weighted by atomic mass is 32.2. The van der Waals surface area contributed by atoms with E-state index in [0.29, 0.717) is 32.5 Å². The number of hydrogen-bond acceptors (Lipinski definition) is 4. The second kappa shape index (κ2) is 7.23. The summed E-state index contributed by atoms with van der Waals surface area (Å²) in [7, 11) is -3.19. The number of nitrogens with one attached hydrogen (secondary N) is 1. The van der Waals surface area contributed by atoms with Crippen molar-refractivity contribution >= 4 is 10.0 Å². The lowest BCUT2D eigenvalue weighted by molar-refractivity contribution is 0.118. The van der Waals surface area contributed by atoms with Gasteiger partial charge in [0.25, 0.3) is 0 Å². The Balaban J connectivity index is 2.39. The SMILES string of the molecule is C=CCCC(O)CN1CCC(S(=O)(=O)NCC)C1. The van der Waals surface area contributed by atoms with Gasteiger partial charge >= 0.3 is 0 Å². The molecule has 1 rings (SSSR count). The van der Waals surface area contributed by atoms with Gasteiger partial charge in [-0.3, -0.25) is 4.90 Å². The summed E-state index contributed by atoms with van der Waals surface area (Å²) in [6.07, 6.45) is 3.50. The van der Waals surface area contributed by atoms with Crippen molar-refractivity contribution in [3.8, 4) is 0 Å². The second-order valence-electron chi connectivity index (χ2n) is 4.73. The van der Waals surface area contributed by atoms with Crippen LogP contribution < -0.4 is 4.72 Å². The van der Waals surface area contributed by atoms with Crippen LogP contribution in [0.5, 0.6) is 0 Å². The molecule has 2 atom stereocenters. The number of sulfonamides is 1. The topological polar surface area (TPSA) is 69.6 Å². The summed E-state index contributed by atoms with van der Waals surface area (Å²) < 4.78 is 26.2. The lowest BCUT2D eigenvalue weighted by atomic mass is 10.2. The summed E-state index contributed by atoms with van der Waals surface area (Å²) in [5.74, 6) is 0. The lowest BCUT2D eigenvalue weighted by Crippen LogP contribution is -2.37. The zero-order chi connectivity index (χ0) is 13.6. The molecule has 5 nitrogen and oxygen atoms in total. The molecule has 1 heterocycles. The zero-order valence-electron chi connectivity index (χ0n) is 11.0. The molecule has 1 aliphatic rings. The molecule has 0 radical (unpaired) electrons. The first-order chi connectivity index (χ1) is 8.49. The van der Waals surface area contributed by atoms with Crippen molar-refractivity contribution in [1.82, 2.24) is 9.62 Å². The highest BCUT2D eigenvalue weighted by Gasteiger charge is 2.32. The molecule has 1 fully saturated rings. The number of aliphatic hydroxyl groups excluding tert-OH is 1. The maximum atomic E-state index is 11.8. The molecule has 2 N–H and O–H groups in total. The van der Waals surface area contributed by atoms with Crippen molar-refractivity contribution in [2.24, 2.45) is 0 Å². The van der Waals surface area contributed by atoms with E-state index in [-0.39, 0.29) is 5.25 Å². The van der Waals surface area contributed by atoms with Gasteiger partial charge in [0.05, 0.1) is 11.4 Å². The van der Waals surface area contributed by atoms with Gasteiger partial charge in [0.2, 0.25) is 10.0 Å². The first-order valence-corrected chi connectivity index (χ1v) is 8.04. The van der Waals surface area contributed by atoms with Crippen LogP contribution in [0.4, 0.5) is 0 Å². The largest absolute Gasteiger partial charge is 0.392 e. The normalized spacial score (nSPS) is 23.1. The molecule has 0 aromatic heterocycles. The van der Waals surface area contributed by atoms with E-state index in [1.807, 2.05) is 4.90 Å². The van der Waals surface area contributed by atoms with Gasteiger partial charge in [0.1, 0.15) is 0 Å². The second-order valence-corrected chi connectivity index (χ2v) is 6.78. The number of hydrogen-bond donors (Lipinski definition) is 2. The summed E-state index contributed by atoms with van der Waals surface area (Å²) in [5.41, 5.74) is 0. The van der Waals surface area contributed by atoms with Crippen LogP contribution in [0.25, 0.3) is 0 Å². The Morgan fingerprint density at radius 1 is 1.61 bits per heavy atom. The van der Waals surface area contributed by atoms with E-state index in [1.165, 1.54) is 0 Å². The Hall–Kier alpha value is -0.430. The fourth-order valence-corrected chi connectivity index (χ4v) is 3.70. The average molecular weight is 276 g/mol. The molecule has 1 aliphatic heterocycles. The maximum Gasteiger partial charge on any atom is 0.215 e. The van der Waals surface area contributed by atoms with E-state index in [1.54, 1.807) is 13.0 Å². The molecule has 0 bridgehead atoms. The third kappa shape index (κ3) is 4.68. The Labute approximate surface area is 110 Å². The van der Waals surface area contributed by atoms with Crippen molar-refractivity contribution in [1.29, 1.82) is 0 Å². The number of allylic oxidation sites excluding steroid dienone is 1. The van der Waals surface area contributed by atoms with Crippen LogP contribution in [0.2, 0.25) is 0 Å². The Bertz CT molecular complexity index is 356. The minimum absolute atomic E-state index is 0.343. The quantitative estimate of drug-likeness (QED) is 0.627. The summed E-state index contributed by atoms with van der Waals surface area (Å²) >= 11 is 0. The van der Waals surface area contributed by atoms with Crippen molar-refractivity contribution in [3.63, 3.8) is 0 Å². The molecule has 0 saturated carbocycles. The van der Waals surface area contributed by atoms with Gasteiger partial charge in [-0.2, -0.15) is 0 Å². The fraction of sp³-hybridized carbons (Fsp3) is 0.833. The molecule has 0 aromatic rings. The predicted molar refractivity (Wildman–Crippen MR) is 72.9 cm³/mol. The van der Waals surface area contributed by atoms with Crippen LogP contribution in [-0.4, -0.2) is 56.0 Å². The molecule has 1 saturated heterocycles. The molecule has 106 valence electrons. The van der Waals surface area contributed by atoms with Crippen LogP contribution in [-0.2, 0) is 10.0 Å².